The third-order valence-electron chi connectivity index (χ3n) is 1.44. The first-order valence-electron chi connectivity index (χ1n) is 3.27. The molecule has 1 aromatic carbocycles. The predicted molar refractivity (Wildman–Crippen MR) is 51.6 cm³/mol. The quantitative estimate of drug-likeness (QED) is 0.472. The molecule has 4 nitrogen and oxygen atoms in total. The van der Waals surface area contributed by atoms with Crippen LogP contribution >= 0.6 is 23.4 Å². The molecule has 0 heterocycles. The van der Waals surface area contributed by atoms with E-state index in [1.54, 1.807) is 6.26 Å². The van der Waals surface area contributed by atoms with E-state index in [0.717, 1.165) is 6.07 Å². The molecule has 0 radical (unpaired) electrons. The van der Waals surface area contributed by atoms with Crippen molar-refractivity contribution in [3.63, 3.8) is 0 Å². The standard InChI is InChI=1S/C7H6ClNO3S/c1-13-6-3-4(8)2-5(7(6)10)9(11)12/h2-3,10H,1H3. The number of benzene rings is 1. The van der Waals surface area contributed by atoms with Crippen LogP contribution in [-0.2, 0) is 0 Å². The van der Waals surface area contributed by atoms with E-state index in [2.05, 4.69) is 0 Å². The van der Waals surface area contributed by atoms with Crippen LogP contribution in [-0.4, -0.2) is 16.3 Å². The number of aromatic hydroxyl groups is 1. The summed E-state index contributed by atoms with van der Waals surface area (Å²) in [6.45, 7) is 0. The van der Waals surface area contributed by atoms with Crippen molar-refractivity contribution in [3.8, 4) is 5.75 Å². The smallest absolute Gasteiger partial charge is 0.313 e. The van der Waals surface area contributed by atoms with Crippen LogP contribution in [0.5, 0.6) is 5.75 Å². The molecule has 13 heavy (non-hydrogen) atoms. The van der Waals surface area contributed by atoms with Gasteiger partial charge in [-0.15, -0.1) is 11.8 Å². The van der Waals surface area contributed by atoms with Gasteiger partial charge in [-0.1, -0.05) is 11.6 Å². The van der Waals surface area contributed by atoms with Crippen LogP contribution < -0.4 is 0 Å². The molecule has 0 aromatic heterocycles. The fraction of sp³-hybridized carbons (Fsp3) is 0.143. The number of hydrogen-bond acceptors (Lipinski definition) is 4. The van der Waals surface area contributed by atoms with Crippen LogP contribution in [0.15, 0.2) is 17.0 Å². The van der Waals surface area contributed by atoms with Crippen LogP contribution in [0.25, 0.3) is 0 Å². The van der Waals surface area contributed by atoms with E-state index in [1.807, 2.05) is 0 Å². The molecule has 1 aromatic rings. The second-order valence-electron chi connectivity index (χ2n) is 2.23. The van der Waals surface area contributed by atoms with Crippen LogP contribution in [0.1, 0.15) is 0 Å². The zero-order valence-electron chi connectivity index (χ0n) is 6.65. The van der Waals surface area contributed by atoms with Crippen LogP contribution in [0.2, 0.25) is 5.02 Å². The Bertz CT molecular complexity index is 356. The minimum absolute atomic E-state index is 0.244. The van der Waals surface area contributed by atoms with Crippen LogP contribution in [0.4, 0.5) is 5.69 Å². The Hall–Kier alpha value is -0.940. The molecule has 0 saturated heterocycles. The normalized spacial score (nSPS) is 10.0. The summed E-state index contributed by atoms with van der Waals surface area (Å²) >= 11 is 6.82. The molecule has 0 unspecified atom stereocenters. The monoisotopic (exact) mass is 219 g/mol. The summed E-state index contributed by atoms with van der Waals surface area (Å²) in [5, 5.41) is 20.0. The summed E-state index contributed by atoms with van der Waals surface area (Å²) in [6, 6.07) is 2.60. The zero-order chi connectivity index (χ0) is 10.0. The van der Waals surface area contributed by atoms with Gasteiger partial charge in [0.2, 0.25) is 5.75 Å². The van der Waals surface area contributed by atoms with Gasteiger partial charge in [0.15, 0.2) is 0 Å². The lowest BCUT2D eigenvalue weighted by Gasteiger charge is -2.01. The average molecular weight is 220 g/mol. The first-order chi connectivity index (χ1) is 6.06. The number of thioether (sulfide) groups is 1. The largest absolute Gasteiger partial charge is 0.501 e. The van der Waals surface area contributed by atoms with E-state index in [0.29, 0.717) is 4.90 Å². The highest BCUT2D eigenvalue weighted by atomic mass is 35.5. The predicted octanol–water partition coefficient (Wildman–Crippen LogP) is 2.68. The van der Waals surface area contributed by atoms with Gasteiger partial charge in [-0.05, 0) is 12.3 Å². The Morgan fingerprint density at radius 2 is 2.23 bits per heavy atom. The fourth-order valence-electron chi connectivity index (χ4n) is 0.855. The first kappa shape index (κ1) is 10.1. The molecular weight excluding hydrogens is 214 g/mol. The van der Waals surface area contributed by atoms with Crippen molar-refractivity contribution in [2.75, 3.05) is 6.26 Å². The van der Waals surface area contributed by atoms with Crippen molar-refractivity contribution in [3.05, 3.63) is 27.3 Å². The van der Waals surface area contributed by atoms with Crippen molar-refractivity contribution in [2.45, 2.75) is 4.90 Å². The number of halogens is 1. The van der Waals surface area contributed by atoms with Gasteiger partial charge in [0.05, 0.1) is 9.82 Å². The topological polar surface area (TPSA) is 63.4 Å². The molecule has 0 aliphatic heterocycles. The summed E-state index contributed by atoms with van der Waals surface area (Å²) < 4.78 is 0. The van der Waals surface area contributed by atoms with E-state index in [4.69, 9.17) is 11.6 Å². The molecule has 0 spiro atoms. The lowest BCUT2D eigenvalue weighted by atomic mass is 10.3. The van der Waals surface area contributed by atoms with Gasteiger partial charge in [0, 0.05) is 11.1 Å². The maximum atomic E-state index is 10.4. The van der Waals surface area contributed by atoms with E-state index in [9.17, 15) is 15.2 Å². The van der Waals surface area contributed by atoms with Crippen molar-refractivity contribution >= 4 is 29.1 Å². The lowest BCUT2D eigenvalue weighted by Crippen LogP contribution is -1.89. The number of phenolic OH excluding ortho intramolecular Hbond substituents is 1. The summed E-state index contributed by atoms with van der Waals surface area (Å²) in [5.41, 5.74) is -0.364. The van der Waals surface area contributed by atoms with Gasteiger partial charge >= 0.3 is 5.69 Å². The van der Waals surface area contributed by atoms with Gasteiger partial charge < -0.3 is 5.11 Å². The molecule has 6 heteroatoms. The van der Waals surface area contributed by atoms with Crippen molar-refractivity contribution in [2.24, 2.45) is 0 Å². The van der Waals surface area contributed by atoms with Crippen LogP contribution in [0.3, 0.4) is 0 Å². The average Bonchev–Trinajstić information content (AvgIpc) is 2.08. The highest BCUT2D eigenvalue weighted by molar-refractivity contribution is 7.98. The van der Waals surface area contributed by atoms with Gasteiger partial charge in [-0.2, -0.15) is 0 Å². The van der Waals surface area contributed by atoms with E-state index in [1.165, 1.54) is 17.8 Å². The van der Waals surface area contributed by atoms with Crippen molar-refractivity contribution in [1.82, 2.24) is 0 Å². The molecule has 0 fully saturated rings. The molecular formula is C7H6ClNO3S. The Kier molecular flexibility index (Phi) is 3.00. The second kappa shape index (κ2) is 3.85. The van der Waals surface area contributed by atoms with Crippen LogP contribution in [0, 0.1) is 10.1 Å². The van der Waals surface area contributed by atoms with Gasteiger partial charge in [-0.3, -0.25) is 10.1 Å². The third kappa shape index (κ3) is 2.05. The molecule has 1 rings (SSSR count). The maximum Gasteiger partial charge on any atom is 0.313 e. The Morgan fingerprint density at radius 1 is 1.62 bits per heavy atom. The summed E-state index contributed by atoms with van der Waals surface area (Å²) in [6.07, 6.45) is 1.70. The molecule has 0 aliphatic rings. The number of nitro groups is 1. The fourth-order valence-corrected chi connectivity index (χ4v) is 1.68. The van der Waals surface area contributed by atoms with Crippen molar-refractivity contribution in [1.29, 1.82) is 0 Å². The number of hydrogen-bond donors (Lipinski definition) is 1. The number of nitrogens with zero attached hydrogens (tertiary/aromatic N) is 1. The highest BCUT2D eigenvalue weighted by Crippen LogP contribution is 2.37. The number of phenols is 1. The molecule has 70 valence electrons. The summed E-state index contributed by atoms with van der Waals surface area (Å²) in [4.78, 5) is 10.2. The van der Waals surface area contributed by atoms with E-state index >= 15 is 0 Å². The molecule has 0 bridgehead atoms. The van der Waals surface area contributed by atoms with Crippen molar-refractivity contribution < 1.29 is 10.0 Å². The minimum atomic E-state index is -0.666. The van der Waals surface area contributed by atoms with Gasteiger partial charge in [-0.25, -0.2) is 0 Å². The Morgan fingerprint density at radius 3 is 2.69 bits per heavy atom. The first-order valence-corrected chi connectivity index (χ1v) is 4.87. The molecule has 1 N–H and O–H groups in total. The SMILES string of the molecule is CSc1cc(Cl)cc([N+](=O)[O-])c1O. The third-order valence-corrected chi connectivity index (χ3v) is 2.41. The lowest BCUT2D eigenvalue weighted by molar-refractivity contribution is -0.386. The second-order valence-corrected chi connectivity index (χ2v) is 3.52. The maximum absolute atomic E-state index is 10.4. The molecule has 0 atom stereocenters. The minimum Gasteiger partial charge on any atom is -0.501 e. The number of rotatable bonds is 2. The molecule has 0 saturated carbocycles. The summed E-state index contributed by atoms with van der Waals surface area (Å²) in [7, 11) is 0. The van der Waals surface area contributed by atoms with E-state index in [-0.39, 0.29) is 16.5 Å². The zero-order valence-corrected chi connectivity index (χ0v) is 8.22. The Balaban J connectivity index is 3.35. The summed E-state index contributed by atoms with van der Waals surface area (Å²) in [5.74, 6) is -0.332. The Labute approximate surface area is 83.7 Å². The highest BCUT2D eigenvalue weighted by Gasteiger charge is 2.17. The molecule has 0 amide bonds. The molecule has 0 aliphatic carbocycles. The number of nitro benzene ring substituents is 1. The van der Waals surface area contributed by atoms with Gasteiger partial charge in [0.25, 0.3) is 0 Å². The van der Waals surface area contributed by atoms with E-state index < -0.39 is 4.92 Å². The van der Waals surface area contributed by atoms with Gasteiger partial charge in [0.1, 0.15) is 0 Å².